The normalized spacial score (nSPS) is 23.2. The Balaban J connectivity index is 1.34. The minimum Gasteiger partial charge on any atom is -0.343 e. The summed E-state index contributed by atoms with van der Waals surface area (Å²) in [5, 5.41) is 8.97. The average Bonchev–Trinajstić information content (AvgIpc) is 3.20. The molecule has 5 heteroatoms. The molecule has 1 aromatic rings. The minimum absolute atomic E-state index is 0.389. The van der Waals surface area contributed by atoms with Crippen molar-refractivity contribution in [3.05, 3.63) is 11.6 Å². The summed E-state index contributed by atoms with van der Waals surface area (Å²) in [4.78, 5) is 14.6. The maximum atomic E-state index is 12.5. The maximum absolute atomic E-state index is 12.5. The van der Waals surface area contributed by atoms with E-state index < -0.39 is 0 Å². The summed E-state index contributed by atoms with van der Waals surface area (Å²) in [7, 11) is 0. The number of nitrogens with zero attached hydrogens (tertiary/aromatic N) is 4. The zero-order chi connectivity index (χ0) is 16.4. The Morgan fingerprint density at radius 2 is 1.71 bits per heavy atom. The van der Waals surface area contributed by atoms with E-state index in [-0.39, 0.29) is 0 Å². The molecule has 2 fully saturated rings. The van der Waals surface area contributed by atoms with Crippen LogP contribution in [0, 0.1) is 5.92 Å². The van der Waals surface area contributed by atoms with Gasteiger partial charge in [0.05, 0.1) is 0 Å². The number of piperidine rings is 1. The van der Waals surface area contributed by atoms with Gasteiger partial charge in [-0.3, -0.25) is 4.79 Å². The second-order valence-electron chi connectivity index (χ2n) is 7.95. The fourth-order valence-corrected chi connectivity index (χ4v) is 4.79. The van der Waals surface area contributed by atoms with Crippen LogP contribution in [0.2, 0.25) is 0 Å². The van der Waals surface area contributed by atoms with Crippen LogP contribution in [-0.2, 0) is 17.8 Å². The molecule has 0 aromatic carbocycles. The SMILES string of the molecule is O=C(CC1CCCC1)N1CCC(c2nnc3n2CCCCC3)CC1. The largest absolute Gasteiger partial charge is 0.343 e. The molecule has 2 aliphatic heterocycles. The standard InChI is InChI=1S/C19H30N4O/c24-18(14-15-6-3-4-7-15)22-12-9-16(10-13-22)19-21-20-17-8-2-1-5-11-23(17)19/h15-16H,1-14H2. The van der Waals surface area contributed by atoms with Crippen molar-refractivity contribution in [2.75, 3.05) is 13.1 Å². The molecule has 1 aromatic heterocycles. The molecule has 3 heterocycles. The molecule has 1 saturated carbocycles. The topological polar surface area (TPSA) is 51.0 Å². The third-order valence-corrected chi connectivity index (χ3v) is 6.29. The summed E-state index contributed by atoms with van der Waals surface area (Å²) in [6, 6.07) is 0. The van der Waals surface area contributed by atoms with Crippen LogP contribution in [0.5, 0.6) is 0 Å². The van der Waals surface area contributed by atoms with Gasteiger partial charge in [0.25, 0.3) is 0 Å². The Labute approximate surface area is 144 Å². The predicted molar refractivity (Wildman–Crippen MR) is 92.7 cm³/mol. The van der Waals surface area contributed by atoms with Crippen molar-refractivity contribution in [1.29, 1.82) is 0 Å². The maximum Gasteiger partial charge on any atom is 0.222 e. The van der Waals surface area contributed by atoms with Gasteiger partial charge in [-0.25, -0.2) is 0 Å². The van der Waals surface area contributed by atoms with E-state index in [1.807, 2.05) is 0 Å². The van der Waals surface area contributed by atoms with Crippen molar-refractivity contribution in [3.8, 4) is 0 Å². The fraction of sp³-hybridized carbons (Fsp3) is 0.842. The number of carbonyl (C=O) groups is 1. The zero-order valence-corrected chi connectivity index (χ0v) is 14.8. The Bertz CT molecular complexity index is 568. The first kappa shape index (κ1) is 16.1. The molecule has 1 saturated heterocycles. The summed E-state index contributed by atoms with van der Waals surface area (Å²) in [6.07, 6.45) is 12.9. The van der Waals surface area contributed by atoms with Gasteiger partial charge in [0.2, 0.25) is 5.91 Å². The number of aryl methyl sites for hydroxylation is 1. The summed E-state index contributed by atoms with van der Waals surface area (Å²) in [6.45, 7) is 2.88. The van der Waals surface area contributed by atoms with Crippen LogP contribution < -0.4 is 0 Å². The number of aromatic nitrogens is 3. The van der Waals surface area contributed by atoms with Crippen LogP contribution in [0.15, 0.2) is 0 Å². The van der Waals surface area contributed by atoms with Gasteiger partial charge in [0.15, 0.2) is 0 Å². The number of amides is 1. The Morgan fingerprint density at radius 3 is 2.50 bits per heavy atom. The molecule has 0 bridgehead atoms. The van der Waals surface area contributed by atoms with Crippen molar-refractivity contribution in [3.63, 3.8) is 0 Å². The Morgan fingerprint density at radius 1 is 0.917 bits per heavy atom. The van der Waals surface area contributed by atoms with Crippen LogP contribution in [0.3, 0.4) is 0 Å². The first-order valence-corrected chi connectivity index (χ1v) is 10.0. The molecule has 0 atom stereocenters. The molecule has 1 amide bonds. The van der Waals surface area contributed by atoms with Crippen molar-refractivity contribution in [1.82, 2.24) is 19.7 Å². The second kappa shape index (κ2) is 7.24. The Kier molecular flexibility index (Phi) is 4.86. The van der Waals surface area contributed by atoms with E-state index in [9.17, 15) is 4.79 Å². The summed E-state index contributed by atoms with van der Waals surface area (Å²) < 4.78 is 2.38. The third kappa shape index (κ3) is 3.35. The molecule has 24 heavy (non-hydrogen) atoms. The van der Waals surface area contributed by atoms with Gasteiger partial charge in [-0.15, -0.1) is 10.2 Å². The molecule has 3 aliphatic rings. The molecule has 0 unspecified atom stereocenters. The van der Waals surface area contributed by atoms with Gasteiger partial charge >= 0.3 is 0 Å². The molecule has 4 rings (SSSR count). The number of likely N-dealkylation sites (tertiary alicyclic amines) is 1. The lowest BCUT2D eigenvalue weighted by atomic mass is 9.94. The molecule has 0 spiro atoms. The van der Waals surface area contributed by atoms with Crippen molar-refractivity contribution in [2.24, 2.45) is 5.92 Å². The number of fused-ring (bicyclic) bond motifs is 1. The second-order valence-corrected chi connectivity index (χ2v) is 7.95. The van der Waals surface area contributed by atoms with Gasteiger partial charge in [-0.05, 0) is 44.4 Å². The number of rotatable bonds is 3. The van der Waals surface area contributed by atoms with Crippen LogP contribution >= 0.6 is 0 Å². The molecular formula is C19H30N4O. The summed E-state index contributed by atoms with van der Waals surface area (Å²) in [5.41, 5.74) is 0. The quantitative estimate of drug-likeness (QED) is 0.854. The van der Waals surface area contributed by atoms with Crippen molar-refractivity contribution in [2.45, 2.75) is 83.1 Å². The average molecular weight is 330 g/mol. The van der Waals surface area contributed by atoms with Crippen molar-refractivity contribution >= 4 is 5.91 Å². The number of hydrogen-bond acceptors (Lipinski definition) is 3. The van der Waals surface area contributed by atoms with Crippen LogP contribution in [-0.4, -0.2) is 38.7 Å². The summed E-state index contributed by atoms with van der Waals surface area (Å²) >= 11 is 0. The molecule has 0 radical (unpaired) electrons. The third-order valence-electron chi connectivity index (χ3n) is 6.29. The van der Waals surface area contributed by atoms with Crippen LogP contribution in [0.25, 0.3) is 0 Å². The van der Waals surface area contributed by atoms with E-state index in [1.165, 1.54) is 56.6 Å². The lowest BCUT2D eigenvalue weighted by Gasteiger charge is -2.32. The van der Waals surface area contributed by atoms with Gasteiger partial charge in [0, 0.05) is 38.4 Å². The number of hydrogen-bond donors (Lipinski definition) is 0. The smallest absolute Gasteiger partial charge is 0.222 e. The monoisotopic (exact) mass is 330 g/mol. The Hall–Kier alpha value is -1.39. The van der Waals surface area contributed by atoms with Gasteiger partial charge in [-0.2, -0.15) is 0 Å². The highest BCUT2D eigenvalue weighted by Gasteiger charge is 2.29. The zero-order valence-electron chi connectivity index (χ0n) is 14.8. The number of carbonyl (C=O) groups excluding carboxylic acids is 1. The van der Waals surface area contributed by atoms with Gasteiger partial charge in [-0.1, -0.05) is 19.3 Å². The lowest BCUT2D eigenvalue weighted by Crippen LogP contribution is -2.39. The highest BCUT2D eigenvalue weighted by atomic mass is 16.2. The van der Waals surface area contributed by atoms with E-state index in [0.29, 0.717) is 17.7 Å². The van der Waals surface area contributed by atoms with Crippen LogP contribution in [0.4, 0.5) is 0 Å². The van der Waals surface area contributed by atoms with Gasteiger partial charge < -0.3 is 9.47 Å². The predicted octanol–water partition coefficient (Wildman–Crippen LogP) is 3.29. The summed E-state index contributed by atoms with van der Waals surface area (Å²) in [5.74, 6) is 3.90. The molecular weight excluding hydrogens is 300 g/mol. The van der Waals surface area contributed by atoms with E-state index in [2.05, 4.69) is 19.7 Å². The van der Waals surface area contributed by atoms with E-state index >= 15 is 0 Å². The first-order chi connectivity index (χ1) is 11.8. The van der Waals surface area contributed by atoms with E-state index in [0.717, 1.165) is 45.3 Å². The fourth-order valence-electron chi connectivity index (χ4n) is 4.79. The van der Waals surface area contributed by atoms with E-state index in [1.54, 1.807) is 0 Å². The van der Waals surface area contributed by atoms with E-state index in [4.69, 9.17) is 0 Å². The highest BCUT2D eigenvalue weighted by Crippen LogP contribution is 2.31. The molecule has 0 N–H and O–H groups in total. The van der Waals surface area contributed by atoms with Gasteiger partial charge in [0.1, 0.15) is 11.6 Å². The molecule has 5 nitrogen and oxygen atoms in total. The highest BCUT2D eigenvalue weighted by molar-refractivity contribution is 5.76. The lowest BCUT2D eigenvalue weighted by molar-refractivity contribution is -0.133. The van der Waals surface area contributed by atoms with Crippen molar-refractivity contribution < 1.29 is 4.79 Å². The minimum atomic E-state index is 0.389. The first-order valence-electron chi connectivity index (χ1n) is 10.0. The van der Waals surface area contributed by atoms with Crippen LogP contribution in [0.1, 0.15) is 81.8 Å². The molecule has 1 aliphatic carbocycles. The molecule has 132 valence electrons.